The molecule has 0 aliphatic heterocycles. The van der Waals surface area contributed by atoms with Crippen molar-refractivity contribution in [2.24, 2.45) is 0 Å². The van der Waals surface area contributed by atoms with Gasteiger partial charge in [-0.3, -0.25) is 0 Å². The predicted molar refractivity (Wildman–Crippen MR) is 82.3 cm³/mol. The molecule has 1 rings (SSSR count). The van der Waals surface area contributed by atoms with Gasteiger partial charge in [-0.2, -0.15) is 0 Å². The first-order valence-electron chi connectivity index (χ1n) is 6.54. The zero-order chi connectivity index (χ0) is 15.2. The zero-order valence-electron chi connectivity index (χ0n) is 12.2. The number of ether oxygens (including phenoxy) is 1. The third-order valence-electron chi connectivity index (χ3n) is 2.86. The molecule has 0 atom stereocenters. The Morgan fingerprint density at radius 2 is 1.75 bits per heavy atom. The molecule has 0 saturated carbocycles. The number of rotatable bonds is 8. The second-order valence-electron chi connectivity index (χ2n) is 4.95. The lowest BCUT2D eigenvalue weighted by atomic mass is 10.2. The standard InChI is InChI=1S/C14H22ClNO3S/c1-12(2)19-9-8-16(3)20(17,18)11-14-6-4-13(10-15)5-7-14/h4-7,12H,8-11H2,1-3H3. The Morgan fingerprint density at radius 1 is 1.20 bits per heavy atom. The Kier molecular flexibility index (Phi) is 6.95. The molecule has 0 spiro atoms. The molecule has 0 radical (unpaired) electrons. The van der Waals surface area contributed by atoms with Gasteiger partial charge in [0.1, 0.15) is 0 Å². The van der Waals surface area contributed by atoms with E-state index in [1.807, 2.05) is 26.0 Å². The average Bonchev–Trinajstić information content (AvgIpc) is 2.38. The summed E-state index contributed by atoms with van der Waals surface area (Å²) in [5.41, 5.74) is 1.74. The molecule has 0 saturated heterocycles. The molecule has 6 heteroatoms. The van der Waals surface area contributed by atoms with E-state index >= 15 is 0 Å². The molecule has 0 unspecified atom stereocenters. The number of sulfonamides is 1. The average molecular weight is 320 g/mol. The van der Waals surface area contributed by atoms with Gasteiger partial charge in [0, 0.05) is 19.5 Å². The van der Waals surface area contributed by atoms with Crippen LogP contribution in [-0.2, 0) is 26.4 Å². The molecule has 1 aromatic carbocycles. The van der Waals surface area contributed by atoms with Crippen LogP contribution in [-0.4, -0.2) is 39.0 Å². The van der Waals surface area contributed by atoms with Crippen molar-refractivity contribution in [1.29, 1.82) is 0 Å². The first kappa shape index (κ1) is 17.4. The normalized spacial score (nSPS) is 12.3. The first-order chi connectivity index (χ1) is 9.35. The van der Waals surface area contributed by atoms with Crippen molar-refractivity contribution < 1.29 is 13.2 Å². The van der Waals surface area contributed by atoms with Crippen LogP contribution < -0.4 is 0 Å². The number of halogens is 1. The molecule has 0 bridgehead atoms. The fourth-order valence-corrected chi connectivity index (χ4v) is 2.97. The van der Waals surface area contributed by atoms with Gasteiger partial charge in [-0.1, -0.05) is 24.3 Å². The highest BCUT2D eigenvalue weighted by atomic mass is 35.5. The van der Waals surface area contributed by atoms with E-state index in [2.05, 4.69) is 0 Å². The molecule has 0 heterocycles. The summed E-state index contributed by atoms with van der Waals surface area (Å²) >= 11 is 5.71. The van der Waals surface area contributed by atoms with Crippen LogP contribution in [0.25, 0.3) is 0 Å². The van der Waals surface area contributed by atoms with Crippen LogP contribution in [0.2, 0.25) is 0 Å². The summed E-state index contributed by atoms with van der Waals surface area (Å²) in [5, 5.41) is 0. The first-order valence-corrected chi connectivity index (χ1v) is 8.69. The van der Waals surface area contributed by atoms with E-state index in [1.54, 1.807) is 19.2 Å². The van der Waals surface area contributed by atoms with Gasteiger partial charge in [-0.05, 0) is 25.0 Å². The molecule has 0 aliphatic rings. The van der Waals surface area contributed by atoms with E-state index < -0.39 is 10.0 Å². The quantitative estimate of drug-likeness (QED) is 0.692. The molecule has 1 aromatic rings. The van der Waals surface area contributed by atoms with Crippen molar-refractivity contribution in [3.8, 4) is 0 Å². The summed E-state index contributed by atoms with van der Waals surface area (Å²) in [6.45, 7) is 4.61. The molecular weight excluding hydrogens is 298 g/mol. The van der Waals surface area contributed by atoms with Crippen molar-refractivity contribution in [1.82, 2.24) is 4.31 Å². The summed E-state index contributed by atoms with van der Waals surface area (Å²) in [5.74, 6) is 0.424. The highest BCUT2D eigenvalue weighted by Gasteiger charge is 2.18. The number of likely N-dealkylation sites (N-methyl/N-ethyl adjacent to an activating group) is 1. The SMILES string of the molecule is CC(C)OCCN(C)S(=O)(=O)Cc1ccc(CCl)cc1. The Balaban J connectivity index is 2.58. The topological polar surface area (TPSA) is 46.6 Å². The Hall–Kier alpha value is -0.620. The van der Waals surface area contributed by atoms with Gasteiger partial charge in [-0.15, -0.1) is 11.6 Å². The minimum atomic E-state index is -3.31. The van der Waals surface area contributed by atoms with E-state index in [0.717, 1.165) is 11.1 Å². The van der Waals surface area contributed by atoms with Crippen LogP contribution in [0.3, 0.4) is 0 Å². The summed E-state index contributed by atoms with van der Waals surface area (Å²) in [6, 6.07) is 7.29. The molecular formula is C14H22ClNO3S. The van der Waals surface area contributed by atoms with Gasteiger partial charge < -0.3 is 4.74 Å². The predicted octanol–water partition coefficient (Wildman–Crippen LogP) is 2.61. The maximum atomic E-state index is 12.2. The van der Waals surface area contributed by atoms with Gasteiger partial charge in [-0.25, -0.2) is 12.7 Å². The summed E-state index contributed by atoms with van der Waals surface area (Å²) in [4.78, 5) is 0. The highest BCUT2D eigenvalue weighted by Crippen LogP contribution is 2.12. The molecule has 4 nitrogen and oxygen atoms in total. The van der Waals surface area contributed by atoms with Crippen molar-refractivity contribution in [3.63, 3.8) is 0 Å². The van der Waals surface area contributed by atoms with Crippen molar-refractivity contribution in [2.45, 2.75) is 31.6 Å². The lowest BCUT2D eigenvalue weighted by molar-refractivity contribution is 0.0737. The van der Waals surface area contributed by atoms with Crippen molar-refractivity contribution >= 4 is 21.6 Å². The molecule has 0 aliphatic carbocycles. The van der Waals surface area contributed by atoms with Crippen LogP contribution in [0.4, 0.5) is 0 Å². The van der Waals surface area contributed by atoms with Gasteiger partial charge in [0.05, 0.1) is 18.5 Å². The van der Waals surface area contributed by atoms with Crippen LogP contribution in [0.1, 0.15) is 25.0 Å². The number of hydrogen-bond acceptors (Lipinski definition) is 3. The third kappa shape index (κ3) is 5.79. The number of nitrogens with zero attached hydrogens (tertiary/aromatic N) is 1. The van der Waals surface area contributed by atoms with E-state index in [-0.39, 0.29) is 11.9 Å². The number of hydrogen-bond donors (Lipinski definition) is 0. The van der Waals surface area contributed by atoms with Gasteiger partial charge in [0.25, 0.3) is 0 Å². The minimum Gasteiger partial charge on any atom is -0.377 e. The molecule has 0 amide bonds. The fourth-order valence-electron chi connectivity index (χ4n) is 1.60. The summed E-state index contributed by atoms with van der Waals surface area (Å²) in [6.07, 6.45) is 0.106. The van der Waals surface area contributed by atoms with E-state index in [4.69, 9.17) is 16.3 Å². The highest BCUT2D eigenvalue weighted by molar-refractivity contribution is 7.88. The molecule has 0 N–H and O–H groups in total. The monoisotopic (exact) mass is 319 g/mol. The second kappa shape index (κ2) is 7.98. The Bertz CT molecular complexity index is 500. The molecule has 114 valence electrons. The van der Waals surface area contributed by atoms with E-state index in [9.17, 15) is 8.42 Å². The second-order valence-corrected chi connectivity index (χ2v) is 7.29. The smallest absolute Gasteiger partial charge is 0.218 e. The fraction of sp³-hybridized carbons (Fsp3) is 0.571. The van der Waals surface area contributed by atoms with Gasteiger partial charge in [0.2, 0.25) is 10.0 Å². The number of benzene rings is 1. The number of alkyl halides is 1. The Morgan fingerprint density at radius 3 is 2.25 bits per heavy atom. The van der Waals surface area contributed by atoms with Crippen LogP contribution in [0.15, 0.2) is 24.3 Å². The summed E-state index contributed by atoms with van der Waals surface area (Å²) < 4.78 is 31.1. The molecule has 20 heavy (non-hydrogen) atoms. The minimum absolute atomic E-state index is 0.00621. The zero-order valence-corrected chi connectivity index (χ0v) is 13.7. The van der Waals surface area contributed by atoms with E-state index in [0.29, 0.717) is 19.0 Å². The van der Waals surface area contributed by atoms with Gasteiger partial charge >= 0.3 is 0 Å². The van der Waals surface area contributed by atoms with Crippen LogP contribution >= 0.6 is 11.6 Å². The molecule has 0 aromatic heterocycles. The van der Waals surface area contributed by atoms with E-state index in [1.165, 1.54) is 4.31 Å². The summed E-state index contributed by atoms with van der Waals surface area (Å²) in [7, 11) is -1.73. The molecule has 0 fully saturated rings. The van der Waals surface area contributed by atoms with Crippen LogP contribution in [0.5, 0.6) is 0 Å². The third-order valence-corrected chi connectivity index (χ3v) is 5.00. The lowest BCUT2D eigenvalue weighted by Crippen LogP contribution is -2.31. The maximum absolute atomic E-state index is 12.2. The lowest BCUT2D eigenvalue weighted by Gasteiger charge is -2.18. The van der Waals surface area contributed by atoms with Crippen LogP contribution in [0, 0.1) is 0 Å². The van der Waals surface area contributed by atoms with Gasteiger partial charge in [0.15, 0.2) is 0 Å². The van der Waals surface area contributed by atoms with Crippen molar-refractivity contribution in [2.75, 3.05) is 20.2 Å². The Labute approximate surface area is 126 Å². The largest absolute Gasteiger partial charge is 0.377 e. The maximum Gasteiger partial charge on any atom is 0.218 e. The van der Waals surface area contributed by atoms with Crippen molar-refractivity contribution in [3.05, 3.63) is 35.4 Å².